The Morgan fingerprint density at radius 2 is 1.35 bits per heavy atom. The van der Waals surface area contributed by atoms with Gasteiger partial charge in [0.05, 0.1) is 5.71 Å². The van der Waals surface area contributed by atoms with E-state index in [0.29, 0.717) is 51.7 Å². The highest BCUT2D eigenvalue weighted by Gasteiger charge is 2.40. The van der Waals surface area contributed by atoms with E-state index in [9.17, 15) is 9.59 Å². The molecule has 6 nitrogen and oxygen atoms in total. The molecule has 0 heterocycles. The lowest BCUT2D eigenvalue weighted by Crippen LogP contribution is -2.26. The summed E-state index contributed by atoms with van der Waals surface area (Å²) in [4.78, 5) is 30.1. The third kappa shape index (κ3) is 8.41. The van der Waals surface area contributed by atoms with Gasteiger partial charge in [0.1, 0.15) is 18.7 Å². The average Bonchev–Trinajstić information content (AvgIpc) is 3.05. The largest absolute Gasteiger partial charge is 0.399 e. The average molecular weight is 370 g/mol. The molecule has 150 valence electrons. The molecule has 0 aromatic carbocycles. The van der Waals surface area contributed by atoms with Crippen molar-refractivity contribution >= 4 is 17.3 Å². The van der Waals surface area contributed by atoms with Crippen LogP contribution in [-0.2, 0) is 23.9 Å². The minimum absolute atomic E-state index is 0.145. The lowest BCUT2D eigenvalue weighted by molar-refractivity contribution is -0.131. The number of hydrogen-bond donors (Lipinski definition) is 0. The summed E-state index contributed by atoms with van der Waals surface area (Å²) in [5, 5.41) is 3.99. The van der Waals surface area contributed by atoms with Gasteiger partial charge in [0.2, 0.25) is 0 Å². The lowest BCUT2D eigenvalue weighted by Gasteiger charge is -2.17. The van der Waals surface area contributed by atoms with Gasteiger partial charge in [0.25, 0.3) is 0 Å². The van der Waals surface area contributed by atoms with E-state index < -0.39 is 0 Å². The standard InChI is InChI=1S/C20H35NO5/c1-4-10-25-12-6-8-19(22)17-14-16(21-24-3)15-18(17)20(23)9-7-13-26-11-5-2/h17-18H,4-15H2,1-3H3/t17-,18-/m1/s1. The zero-order chi connectivity index (χ0) is 19.2. The molecule has 0 bridgehead atoms. The van der Waals surface area contributed by atoms with Crippen LogP contribution in [0, 0.1) is 11.8 Å². The molecule has 0 radical (unpaired) electrons. The number of Topliss-reactive ketones (excluding diaryl/α,β-unsaturated/α-hetero) is 2. The van der Waals surface area contributed by atoms with Crippen molar-refractivity contribution in [2.24, 2.45) is 17.0 Å². The second-order valence-corrected chi connectivity index (χ2v) is 6.83. The fourth-order valence-corrected chi connectivity index (χ4v) is 3.32. The number of hydrogen-bond acceptors (Lipinski definition) is 6. The molecule has 1 fully saturated rings. The first-order chi connectivity index (χ1) is 12.6. The van der Waals surface area contributed by atoms with E-state index in [2.05, 4.69) is 19.0 Å². The number of carbonyl (C=O) groups excluding carboxylic acids is 2. The molecule has 0 saturated heterocycles. The van der Waals surface area contributed by atoms with Crippen molar-refractivity contribution in [3.8, 4) is 0 Å². The van der Waals surface area contributed by atoms with Crippen molar-refractivity contribution in [3.05, 3.63) is 0 Å². The van der Waals surface area contributed by atoms with E-state index >= 15 is 0 Å². The monoisotopic (exact) mass is 369 g/mol. The predicted molar refractivity (Wildman–Crippen MR) is 101 cm³/mol. The topological polar surface area (TPSA) is 74.2 Å². The number of oxime groups is 1. The Morgan fingerprint density at radius 1 is 0.885 bits per heavy atom. The normalized spacial score (nSPS) is 19.6. The van der Waals surface area contributed by atoms with E-state index in [1.54, 1.807) is 0 Å². The van der Waals surface area contributed by atoms with Crippen LogP contribution in [0.15, 0.2) is 5.16 Å². The number of nitrogens with zero attached hydrogens (tertiary/aromatic N) is 1. The summed E-state index contributed by atoms with van der Waals surface area (Å²) in [6, 6.07) is 0. The third-order valence-corrected chi connectivity index (χ3v) is 4.56. The van der Waals surface area contributed by atoms with Crippen molar-refractivity contribution in [2.45, 2.75) is 65.2 Å². The maximum absolute atomic E-state index is 12.6. The van der Waals surface area contributed by atoms with E-state index in [0.717, 1.165) is 31.8 Å². The maximum Gasteiger partial charge on any atom is 0.137 e. The third-order valence-electron chi connectivity index (χ3n) is 4.56. The van der Waals surface area contributed by atoms with Crippen LogP contribution in [-0.4, -0.2) is 50.8 Å². The number of ether oxygens (including phenoxy) is 2. The Kier molecular flexibility index (Phi) is 12.1. The minimum Gasteiger partial charge on any atom is -0.399 e. The Morgan fingerprint density at radius 3 is 1.73 bits per heavy atom. The molecule has 1 aliphatic rings. The zero-order valence-corrected chi connectivity index (χ0v) is 16.6. The van der Waals surface area contributed by atoms with E-state index in [1.807, 2.05) is 0 Å². The van der Waals surface area contributed by atoms with E-state index in [-0.39, 0.29) is 23.4 Å². The van der Waals surface area contributed by atoms with Gasteiger partial charge in [-0.1, -0.05) is 19.0 Å². The van der Waals surface area contributed by atoms with Gasteiger partial charge in [-0.25, -0.2) is 0 Å². The molecule has 2 atom stereocenters. The molecule has 0 spiro atoms. The number of rotatable bonds is 15. The Hall–Kier alpha value is -1.27. The van der Waals surface area contributed by atoms with Crippen LogP contribution in [0.3, 0.4) is 0 Å². The lowest BCUT2D eigenvalue weighted by atomic mass is 9.85. The highest BCUT2D eigenvalue weighted by molar-refractivity contribution is 6.01. The first-order valence-corrected chi connectivity index (χ1v) is 9.93. The molecule has 0 amide bonds. The predicted octanol–water partition coefficient (Wildman–Crippen LogP) is 3.57. The molecular weight excluding hydrogens is 334 g/mol. The first kappa shape index (κ1) is 22.8. The van der Waals surface area contributed by atoms with Crippen LogP contribution in [0.25, 0.3) is 0 Å². The molecule has 0 aliphatic heterocycles. The van der Waals surface area contributed by atoms with Gasteiger partial charge in [0.15, 0.2) is 0 Å². The molecule has 1 rings (SSSR count). The van der Waals surface area contributed by atoms with Gasteiger partial charge in [-0.15, -0.1) is 0 Å². The highest BCUT2D eigenvalue weighted by Crippen LogP contribution is 2.34. The summed E-state index contributed by atoms with van der Waals surface area (Å²) >= 11 is 0. The first-order valence-electron chi connectivity index (χ1n) is 9.93. The Bertz CT molecular complexity index is 413. The molecule has 26 heavy (non-hydrogen) atoms. The maximum atomic E-state index is 12.6. The number of carbonyl (C=O) groups is 2. The van der Waals surface area contributed by atoms with E-state index in [4.69, 9.17) is 14.3 Å². The summed E-state index contributed by atoms with van der Waals surface area (Å²) < 4.78 is 10.9. The van der Waals surface area contributed by atoms with Crippen LogP contribution in [0.2, 0.25) is 0 Å². The van der Waals surface area contributed by atoms with Gasteiger partial charge in [0, 0.05) is 51.1 Å². The quantitative estimate of drug-likeness (QED) is 0.326. The molecule has 0 aromatic rings. The molecule has 0 aromatic heterocycles. The second kappa shape index (κ2) is 13.9. The summed E-state index contributed by atoms with van der Waals surface area (Å²) in [6.45, 7) is 6.76. The summed E-state index contributed by atoms with van der Waals surface area (Å²) in [5.74, 6) is -0.239. The molecule has 6 heteroatoms. The molecule has 1 aliphatic carbocycles. The van der Waals surface area contributed by atoms with Crippen molar-refractivity contribution in [2.75, 3.05) is 33.5 Å². The number of ketones is 2. The van der Waals surface area contributed by atoms with Gasteiger partial charge < -0.3 is 14.3 Å². The smallest absolute Gasteiger partial charge is 0.137 e. The van der Waals surface area contributed by atoms with Gasteiger partial charge in [-0.3, -0.25) is 9.59 Å². The van der Waals surface area contributed by atoms with Gasteiger partial charge in [-0.05, 0) is 38.5 Å². The Labute approximate surface area is 157 Å². The fraction of sp³-hybridized carbons (Fsp3) is 0.850. The van der Waals surface area contributed by atoms with Crippen LogP contribution in [0.1, 0.15) is 65.2 Å². The SMILES string of the molecule is CCCOCCCC(=O)[C@@H]1CC(=NOC)C[C@H]1C(=O)CCCOCCC. The van der Waals surface area contributed by atoms with Crippen LogP contribution in [0.5, 0.6) is 0 Å². The van der Waals surface area contributed by atoms with E-state index in [1.165, 1.54) is 7.11 Å². The Balaban J connectivity index is 2.51. The zero-order valence-electron chi connectivity index (χ0n) is 16.6. The fourth-order valence-electron chi connectivity index (χ4n) is 3.32. The second-order valence-electron chi connectivity index (χ2n) is 6.83. The molecular formula is C20H35NO5. The summed E-state index contributed by atoms with van der Waals surface area (Å²) in [6.07, 6.45) is 5.35. The van der Waals surface area contributed by atoms with Crippen LogP contribution >= 0.6 is 0 Å². The van der Waals surface area contributed by atoms with Crippen molar-refractivity contribution in [3.63, 3.8) is 0 Å². The van der Waals surface area contributed by atoms with Gasteiger partial charge in [-0.2, -0.15) is 0 Å². The van der Waals surface area contributed by atoms with Crippen molar-refractivity contribution < 1.29 is 23.9 Å². The van der Waals surface area contributed by atoms with Crippen LogP contribution < -0.4 is 0 Å². The summed E-state index contributed by atoms with van der Waals surface area (Å²) in [5.41, 5.74) is 0.814. The summed E-state index contributed by atoms with van der Waals surface area (Å²) in [7, 11) is 1.50. The molecule has 0 unspecified atom stereocenters. The van der Waals surface area contributed by atoms with Crippen molar-refractivity contribution in [1.29, 1.82) is 0 Å². The minimum atomic E-state index is -0.265. The molecule has 1 saturated carbocycles. The highest BCUT2D eigenvalue weighted by atomic mass is 16.6. The van der Waals surface area contributed by atoms with Crippen molar-refractivity contribution in [1.82, 2.24) is 0 Å². The molecule has 0 N–H and O–H groups in total. The van der Waals surface area contributed by atoms with Gasteiger partial charge >= 0.3 is 0 Å². The van der Waals surface area contributed by atoms with Crippen LogP contribution in [0.4, 0.5) is 0 Å².